The molecular formula is C29H39ClN6O3. The summed E-state index contributed by atoms with van der Waals surface area (Å²) in [5.74, 6) is 0.568. The zero-order valence-corrected chi connectivity index (χ0v) is 23.7. The molecule has 1 aliphatic heterocycles. The number of nitrogens with one attached hydrogen (secondary N) is 3. The van der Waals surface area contributed by atoms with Crippen molar-refractivity contribution in [3.8, 4) is 11.3 Å². The highest BCUT2D eigenvalue weighted by molar-refractivity contribution is 6.33. The molecule has 1 saturated heterocycles. The number of aliphatic hydroxyl groups is 1. The number of fused-ring (bicyclic) bond motifs is 1. The van der Waals surface area contributed by atoms with Gasteiger partial charge in [-0.15, -0.1) is 0 Å². The molecule has 1 aliphatic carbocycles. The molecule has 3 aromatic rings. The minimum Gasteiger partial charge on any atom is -0.444 e. The Bertz CT molecular complexity index is 1300. The van der Waals surface area contributed by atoms with Gasteiger partial charge in [0.2, 0.25) is 5.95 Å². The number of anilines is 1. The highest BCUT2D eigenvalue weighted by atomic mass is 35.5. The maximum atomic E-state index is 12.4. The number of rotatable bonds is 6. The van der Waals surface area contributed by atoms with Gasteiger partial charge >= 0.3 is 6.09 Å². The van der Waals surface area contributed by atoms with Gasteiger partial charge in [-0.05, 0) is 65.4 Å². The van der Waals surface area contributed by atoms with E-state index in [2.05, 4.69) is 26.7 Å². The van der Waals surface area contributed by atoms with Crippen molar-refractivity contribution in [2.75, 3.05) is 25.0 Å². The fourth-order valence-electron chi connectivity index (χ4n) is 5.52. The minimum absolute atomic E-state index is 0.219. The summed E-state index contributed by atoms with van der Waals surface area (Å²) < 4.78 is 5.48. The maximum absolute atomic E-state index is 12.4. The molecule has 2 unspecified atom stereocenters. The normalized spacial score (nSPS) is 21.6. The van der Waals surface area contributed by atoms with Gasteiger partial charge in [0.25, 0.3) is 0 Å². The van der Waals surface area contributed by atoms with Crippen LogP contribution in [0.2, 0.25) is 5.02 Å². The Balaban J connectivity index is 1.15. The number of ether oxygens (including phenoxy) is 1. The van der Waals surface area contributed by atoms with Crippen molar-refractivity contribution in [1.82, 2.24) is 25.2 Å². The molecular weight excluding hydrogens is 516 g/mol. The number of carbonyl (C=O) groups is 1. The lowest BCUT2D eigenvalue weighted by molar-refractivity contribution is -0.0327. The van der Waals surface area contributed by atoms with Crippen molar-refractivity contribution >= 4 is 34.5 Å². The number of carbonyl (C=O) groups excluding carboxylic acids is 1. The van der Waals surface area contributed by atoms with E-state index in [0.717, 1.165) is 42.1 Å². The van der Waals surface area contributed by atoms with Crippen molar-refractivity contribution in [3.05, 3.63) is 41.7 Å². The van der Waals surface area contributed by atoms with Crippen LogP contribution in [0.25, 0.3) is 22.2 Å². The zero-order valence-electron chi connectivity index (χ0n) is 23.0. The summed E-state index contributed by atoms with van der Waals surface area (Å²) in [6.45, 7) is 7.09. The molecule has 1 amide bonds. The maximum Gasteiger partial charge on any atom is 0.410 e. The van der Waals surface area contributed by atoms with Crippen LogP contribution >= 0.6 is 11.6 Å². The van der Waals surface area contributed by atoms with E-state index in [1.165, 1.54) is 0 Å². The molecule has 10 heteroatoms. The van der Waals surface area contributed by atoms with E-state index in [0.29, 0.717) is 49.1 Å². The number of H-pyrrole nitrogens is 1. The average molecular weight is 555 g/mol. The summed E-state index contributed by atoms with van der Waals surface area (Å²) in [5.41, 5.74) is 1.35. The topological polar surface area (TPSA) is 115 Å². The van der Waals surface area contributed by atoms with E-state index in [1.54, 1.807) is 11.1 Å². The van der Waals surface area contributed by atoms with Crippen LogP contribution in [0.5, 0.6) is 0 Å². The quantitative estimate of drug-likeness (QED) is 0.324. The van der Waals surface area contributed by atoms with Gasteiger partial charge in [0.15, 0.2) is 0 Å². The number of aromatic amines is 1. The van der Waals surface area contributed by atoms with Gasteiger partial charge < -0.3 is 30.4 Å². The third kappa shape index (κ3) is 6.83. The molecule has 2 aliphatic rings. The number of amides is 1. The Kier molecular flexibility index (Phi) is 8.03. The van der Waals surface area contributed by atoms with E-state index in [-0.39, 0.29) is 18.2 Å². The van der Waals surface area contributed by atoms with Crippen molar-refractivity contribution in [1.29, 1.82) is 0 Å². The summed E-state index contributed by atoms with van der Waals surface area (Å²) in [6.07, 6.45) is 8.42. The van der Waals surface area contributed by atoms with Gasteiger partial charge in [-0.2, -0.15) is 0 Å². The Morgan fingerprint density at radius 1 is 1.23 bits per heavy atom. The molecule has 2 fully saturated rings. The number of halogens is 1. The Morgan fingerprint density at radius 3 is 2.74 bits per heavy atom. The number of para-hydroxylation sites is 1. The van der Waals surface area contributed by atoms with Gasteiger partial charge in [-0.25, -0.2) is 14.8 Å². The van der Waals surface area contributed by atoms with Crippen molar-refractivity contribution in [3.63, 3.8) is 0 Å². The molecule has 4 N–H and O–H groups in total. The van der Waals surface area contributed by atoms with Crippen LogP contribution in [-0.4, -0.2) is 74.0 Å². The fraction of sp³-hybridized carbons (Fsp3) is 0.552. The first-order chi connectivity index (χ1) is 18.6. The minimum atomic E-state index is -0.827. The predicted octanol–water partition coefficient (Wildman–Crippen LogP) is 5.35. The van der Waals surface area contributed by atoms with Crippen molar-refractivity contribution in [2.24, 2.45) is 0 Å². The van der Waals surface area contributed by atoms with Crippen molar-refractivity contribution < 1.29 is 14.6 Å². The standard InChI is InChI=1S/C29H39ClN6O3/c1-28(2,3)39-27(37)36-13-11-29(38,12-14-36)18-33-19-7-6-8-20(15-19)34-26-32-17-23(30)25(35-26)22-16-31-24-10-5-4-9-21(22)24/h4-5,9-10,16-17,19-20,31,33,38H,6-8,11-15,18H2,1-3H3,(H,32,34,35). The predicted molar refractivity (Wildman–Crippen MR) is 154 cm³/mol. The second kappa shape index (κ2) is 11.3. The Hall–Kier alpha value is -2.88. The Morgan fingerprint density at radius 2 is 1.97 bits per heavy atom. The number of likely N-dealkylation sites (tertiary alicyclic amines) is 1. The highest BCUT2D eigenvalue weighted by Crippen LogP contribution is 2.33. The SMILES string of the molecule is CC(C)(C)OC(=O)N1CCC(O)(CNC2CCCC(Nc3ncc(Cl)c(-c4c[nH]c5ccccc45)n3)C2)CC1. The first-order valence-electron chi connectivity index (χ1n) is 13.9. The van der Waals surface area contributed by atoms with E-state index in [4.69, 9.17) is 21.3 Å². The lowest BCUT2D eigenvalue weighted by Crippen LogP contribution is -2.54. The number of piperidine rings is 1. The molecule has 210 valence electrons. The van der Waals surface area contributed by atoms with Gasteiger partial charge in [-0.3, -0.25) is 0 Å². The van der Waals surface area contributed by atoms with Crippen LogP contribution < -0.4 is 10.6 Å². The first-order valence-corrected chi connectivity index (χ1v) is 14.3. The molecule has 2 aromatic heterocycles. The molecule has 39 heavy (non-hydrogen) atoms. The first kappa shape index (κ1) is 27.7. The van der Waals surface area contributed by atoms with Crippen LogP contribution in [0.4, 0.5) is 10.7 Å². The van der Waals surface area contributed by atoms with E-state index < -0.39 is 11.2 Å². The lowest BCUT2D eigenvalue weighted by atomic mass is 9.88. The number of nitrogens with zero attached hydrogens (tertiary/aromatic N) is 3. The molecule has 1 aromatic carbocycles. The Labute approximate surface area is 234 Å². The number of hydrogen-bond acceptors (Lipinski definition) is 7. The molecule has 0 radical (unpaired) electrons. The monoisotopic (exact) mass is 554 g/mol. The van der Waals surface area contributed by atoms with Crippen molar-refractivity contribution in [2.45, 2.75) is 82.6 Å². The lowest BCUT2D eigenvalue weighted by Gasteiger charge is -2.40. The average Bonchev–Trinajstić information content (AvgIpc) is 3.32. The summed E-state index contributed by atoms with van der Waals surface area (Å²) in [5, 5.41) is 19.9. The van der Waals surface area contributed by atoms with Crippen LogP contribution in [0.1, 0.15) is 59.3 Å². The largest absolute Gasteiger partial charge is 0.444 e. The number of benzene rings is 1. The smallest absolute Gasteiger partial charge is 0.410 e. The second-order valence-corrected chi connectivity index (χ2v) is 12.3. The molecule has 1 saturated carbocycles. The number of hydrogen-bond donors (Lipinski definition) is 4. The van der Waals surface area contributed by atoms with E-state index >= 15 is 0 Å². The van der Waals surface area contributed by atoms with Crippen LogP contribution in [0, 0.1) is 0 Å². The van der Waals surface area contributed by atoms with Crippen LogP contribution in [0.3, 0.4) is 0 Å². The highest BCUT2D eigenvalue weighted by Gasteiger charge is 2.36. The molecule has 2 atom stereocenters. The third-order valence-corrected chi connectivity index (χ3v) is 7.94. The third-order valence-electron chi connectivity index (χ3n) is 7.66. The van der Waals surface area contributed by atoms with Gasteiger partial charge in [0.05, 0.1) is 22.5 Å². The van der Waals surface area contributed by atoms with Gasteiger partial charge in [-0.1, -0.05) is 29.8 Å². The van der Waals surface area contributed by atoms with E-state index in [1.807, 2.05) is 45.2 Å². The zero-order chi connectivity index (χ0) is 27.6. The summed E-state index contributed by atoms with van der Waals surface area (Å²) in [7, 11) is 0. The molecule has 0 bridgehead atoms. The summed E-state index contributed by atoms with van der Waals surface area (Å²) in [4.78, 5) is 26.6. The van der Waals surface area contributed by atoms with Gasteiger partial charge in [0.1, 0.15) is 5.60 Å². The van der Waals surface area contributed by atoms with E-state index in [9.17, 15) is 9.90 Å². The van der Waals surface area contributed by atoms with Gasteiger partial charge in [0, 0.05) is 54.4 Å². The second-order valence-electron chi connectivity index (χ2n) is 11.9. The van der Waals surface area contributed by atoms with Crippen LogP contribution in [0.15, 0.2) is 36.7 Å². The fourth-order valence-corrected chi connectivity index (χ4v) is 5.72. The molecule has 9 nitrogen and oxygen atoms in total. The molecule has 5 rings (SSSR count). The molecule has 0 spiro atoms. The molecule has 3 heterocycles. The van der Waals surface area contributed by atoms with Crippen LogP contribution in [-0.2, 0) is 4.74 Å². The number of aromatic nitrogens is 3. The summed E-state index contributed by atoms with van der Waals surface area (Å²) >= 11 is 6.51. The summed E-state index contributed by atoms with van der Waals surface area (Å²) in [6, 6.07) is 8.59.